The van der Waals surface area contributed by atoms with Crippen LogP contribution in [0.15, 0.2) is 51.7 Å². The number of thiazole rings is 1. The van der Waals surface area contributed by atoms with Crippen LogP contribution in [0, 0.1) is 11.6 Å². The normalized spacial score (nSPS) is 10.9. The van der Waals surface area contributed by atoms with Crippen LogP contribution in [0.25, 0.3) is 11.3 Å². The number of nitrogens with zero attached hydrogens (tertiary/aromatic N) is 2. The van der Waals surface area contributed by atoms with Crippen molar-refractivity contribution in [3.05, 3.63) is 58.4 Å². The summed E-state index contributed by atoms with van der Waals surface area (Å²) in [5.41, 5.74) is 11.5. The van der Waals surface area contributed by atoms with Gasteiger partial charge >= 0.3 is 0 Å². The first-order chi connectivity index (χ1) is 13.8. The first-order valence-corrected chi connectivity index (χ1v) is 8.98. The summed E-state index contributed by atoms with van der Waals surface area (Å²) in [6, 6.07) is 3.11. The van der Waals surface area contributed by atoms with Crippen molar-refractivity contribution in [2.45, 2.75) is 6.42 Å². The number of amides is 2. The van der Waals surface area contributed by atoms with Crippen molar-refractivity contribution in [3.8, 4) is 11.3 Å². The number of nitrogens with one attached hydrogen (secondary N) is 2. The molecule has 0 atom stereocenters. The topological polar surface area (TPSA) is 135 Å². The van der Waals surface area contributed by atoms with Gasteiger partial charge in [-0.05, 0) is 24.4 Å². The highest BCUT2D eigenvalue weighted by molar-refractivity contribution is 7.14. The van der Waals surface area contributed by atoms with Gasteiger partial charge in [-0.3, -0.25) is 14.6 Å². The van der Waals surface area contributed by atoms with Gasteiger partial charge in [-0.25, -0.2) is 13.8 Å². The van der Waals surface area contributed by atoms with Gasteiger partial charge in [0.15, 0.2) is 5.13 Å². The third-order valence-corrected chi connectivity index (χ3v) is 4.38. The molecule has 8 nitrogen and oxygen atoms in total. The lowest BCUT2D eigenvalue weighted by Crippen LogP contribution is -2.28. The van der Waals surface area contributed by atoms with E-state index in [2.05, 4.69) is 27.3 Å². The molecule has 11 heteroatoms. The van der Waals surface area contributed by atoms with E-state index >= 15 is 0 Å². The number of rotatable bonds is 7. The molecular formula is C18H18F2N6O2S. The quantitative estimate of drug-likeness (QED) is 0.308. The van der Waals surface area contributed by atoms with Crippen LogP contribution in [0.5, 0.6) is 0 Å². The third kappa shape index (κ3) is 5.45. The molecule has 2 rings (SSSR count). The minimum Gasteiger partial charge on any atom is -0.385 e. The molecule has 1 aromatic carbocycles. The Balaban J connectivity index is 2.18. The maximum absolute atomic E-state index is 13.9. The highest BCUT2D eigenvalue weighted by Crippen LogP contribution is 2.28. The minimum atomic E-state index is -0.769. The summed E-state index contributed by atoms with van der Waals surface area (Å²) in [4.78, 5) is 32.1. The highest BCUT2D eigenvalue weighted by atomic mass is 32.1. The van der Waals surface area contributed by atoms with Crippen LogP contribution in [-0.4, -0.2) is 30.6 Å². The molecule has 152 valence electrons. The van der Waals surface area contributed by atoms with Crippen molar-refractivity contribution < 1.29 is 18.4 Å². The predicted molar refractivity (Wildman–Crippen MR) is 108 cm³/mol. The van der Waals surface area contributed by atoms with Gasteiger partial charge in [-0.1, -0.05) is 0 Å². The molecule has 2 amide bonds. The van der Waals surface area contributed by atoms with Crippen molar-refractivity contribution in [1.29, 1.82) is 0 Å². The number of hydrogen-bond donors (Lipinski definition) is 4. The number of carbonyl (C=O) groups excluding carboxylic acids is 2. The predicted octanol–water partition coefficient (Wildman–Crippen LogP) is 1.88. The van der Waals surface area contributed by atoms with E-state index in [4.69, 9.17) is 11.5 Å². The molecule has 1 heterocycles. The second-order valence-electron chi connectivity index (χ2n) is 5.63. The lowest BCUT2D eigenvalue weighted by Gasteiger charge is -2.11. The number of aliphatic imine (C=N–C) groups is 1. The maximum atomic E-state index is 13.9. The van der Waals surface area contributed by atoms with Crippen molar-refractivity contribution in [2.75, 3.05) is 12.4 Å². The fourth-order valence-electron chi connectivity index (χ4n) is 2.38. The van der Waals surface area contributed by atoms with Gasteiger partial charge in [0.25, 0.3) is 5.91 Å². The van der Waals surface area contributed by atoms with E-state index in [0.29, 0.717) is 0 Å². The van der Waals surface area contributed by atoms with E-state index < -0.39 is 23.4 Å². The second-order valence-corrected chi connectivity index (χ2v) is 6.49. The number of benzene rings is 1. The molecule has 0 spiro atoms. The van der Waals surface area contributed by atoms with E-state index in [1.54, 1.807) is 0 Å². The number of hydrogen-bond acceptors (Lipinski definition) is 7. The first kappa shape index (κ1) is 21.7. The summed E-state index contributed by atoms with van der Waals surface area (Å²) in [5.74, 6) is -2.88. The molecule has 0 radical (unpaired) electrons. The summed E-state index contributed by atoms with van der Waals surface area (Å²) in [7, 11) is 1.38. The van der Waals surface area contributed by atoms with Gasteiger partial charge in [-0.2, -0.15) is 0 Å². The van der Waals surface area contributed by atoms with E-state index in [1.165, 1.54) is 24.7 Å². The summed E-state index contributed by atoms with van der Waals surface area (Å²) in [5, 5.41) is 6.61. The average molecular weight is 420 g/mol. The molecule has 0 saturated heterocycles. The zero-order valence-electron chi connectivity index (χ0n) is 15.3. The molecule has 0 bridgehead atoms. The van der Waals surface area contributed by atoms with E-state index in [-0.39, 0.29) is 39.8 Å². The number of anilines is 1. The van der Waals surface area contributed by atoms with Crippen molar-refractivity contribution >= 4 is 35.0 Å². The van der Waals surface area contributed by atoms with Crippen LogP contribution in [0.4, 0.5) is 13.9 Å². The van der Waals surface area contributed by atoms with E-state index in [0.717, 1.165) is 23.5 Å². The highest BCUT2D eigenvalue weighted by Gasteiger charge is 2.20. The van der Waals surface area contributed by atoms with Crippen molar-refractivity contribution in [3.63, 3.8) is 0 Å². The van der Waals surface area contributed by atoms with E-state index in [1.807, 2.05) is 0 Å². The lowest BCUT2D eigenvalue weighted by molar-refractivity contribution is -0.116. The van der Waals surface area contributed by atoms with E-state index in [9.17, 15) is 18.4 Å². The molecule has 0 aliphatic heterocycles. The fourth-order valence-corrected chi connectivity index (χ4v) is 3.11. The zero-order chi connectivity index (χ0) is 21.6. The van der Waals surface area contributed by atoms with Crippen LogP contribution in [0.2, 0.25) is 0 Å². The molecule has 6 N–H and O–H groups in total. The molecule has 0 saturated carbocycles. The molecule has 0 aliphatic rings. The largest absolute Gasteiger partial charge is 0.385 e. The number of likely N-dealkylation sites (N-methyl/N-ethyl adjacent to an activating group) is 1. The number of halogens is 2. The number of aromatic nitrogens is 1. The van der Waals surface area contributed by atoms with Crippen LogP contribution >= 0.6 is 11.3 Å². The van der Waals surface area contributed by atoms with Crippen LogP contribution < -0.4 is 22.1 Å². The molecule has 0 aliphatic carbocycles. The SMILES string of the molecule is C=N/C=C(/CC(=O)Nc1nc(-c2ccc(F)cc2F)cs1)C(C(=O)NC)=C(N)N. The Morgan fingerprint density at radius 2 is 2.07 bits per heavy atom. The lowest BCUT2D eigenvalue weighted by atomic mass is 10.0. The molecule has 2 aromatic rings. The van der Waals surface area contributed by atoms with Crippen LogP contribution in [-0.2, 0) is 9.59 Å². The van der Waals surface area contributed by atoms with Gasteiger partial charge in [-0.15, -0.1) is 11.3 Å². The van der Waals surface area contributed by atoms with Crippen LogP contribution in [0.3, 0.4) is 0 Å². The molecule has 1 aromatic heterocycles. The summed E-state index contributed by atoms with van der Waals surface area (Å²) >= 11 is 1.05. The minimum absolute atomic E-state index is 0.0942. The Morgan fingerprint density at radius 1 is 1.34 bits per heavy atom. The van der Waals surface area contributed by atoms with Gasteiger partial charge in [0, 0.05) is 30.3 Å². The van der Waals surface area contributed by atoms with Gasteiger partial charge in [0.2, 0.25) is 5.91 Å². The third-order valence-electron chi connectivity index (χ3n) is 3.62. The smallest absolute Gasteiger partial charge is 0.255 e. The molecular weight excluding hydrogens is 402 g/mol. The summed E-state index contributed by atoms with van der Waals surface area (Å²) < 4.78 is 26.9. The standard InChI is InChI=1S/C18H18F2N6O2S/c1-23-7-9(15(16(21)22)17(28)24-2)5-14(27)26-18-25-13(8-29-18)11-4-3-10(19)6-12(11)20/h3-4,6-8H,1,5,21-22H2,2H3,(H,24,28)(H,25,26,27)/b9-7-. The molecule has 29 heavy (non-hydrogen) atoms. The van der Waals surface area contributed by atoms with Gasteiger partial charge in [0.1, 0.15) is 17.5 Å². The van der Waals surface area contributed by atoms with Gasteiger partial charge < -0.3 is 22.1 Å². The maximum Gasteiger partial charge on any atom is 0.255 e. The van der Waals surface area contributed by atoms with Crippen molar-refractivity contribution in [2.24, 2.45) is 16.5 Å². The Hall–Kier alpha value is -3.60. The Bertz CT molecular complexity index is 1010. The fraction of sp³-hybridized carbons (Fsp3) is 0.111. The molecule has 0 unspecified atom stereocenters. The number of carbonyl (C=O) groups is 2. The van der Waals surface area contributed by atoms with Crippen molar-refractivity contribution in [1.82, 2.24) is 10.3 Å². The Labute approximate surface area is 169 Å². The summed E-state index contributed by atoms with van der Waals surface area (Å²) in [6.45, 7) is 3.30. The second kappa shape index (κ2) is 9.55. The van der Waals surface area contributed by atoms with Crippen LogP contribution in [0.1, 0.15) is 6.42 Å². The van der Waals surface area contributed by atoms with Gasteiger partial charge in [0.05, 0.1) is 17.7 Å². The zero-order valence-corrected chi connectivity index (χ0v) is 16.1. The Morgan fingerprint density at radius 3 is 2.66 bits per heavy atom. The molecule has 0 fully saturated rings. The first-order valence-electron chi connectivity index (χ1n) is 8.10. The monoisotopic (exact) mass is 420 g/mol. The summed E-state index contributed by atoms with van der Waals surface area (Å²) in [6.07, 6.45) is 0.907. The Kier molecular flexibility index (Phi) is 7.15. The average Bonchev–Trinajstić information content (AvgIpc) is 3.09. The number of nitrogens with two attached hydrogens (primary N) is 2.